The molecule has 4 rings (SSSR count). The second-order valence-electron chi connectivity index (χ2n) is 5.55. The van der Waals surface area contributed by atoms with Crippen LogP contribution in [0.1, 0.15) is 5.01 Å². The molecule has 2 aromatic heterocycles. The highest BCUT2D eigenvalue weighted by Gasteiger charge is 2.17. The smallest absolute Gasteiger partial charge is 0.192 e. The quantitative estimate of drug-likeness (QED) is 0.341. The molecule has 0 aliphatic carbocycles. The highest BCUT2D eigenvalue weighted by Crippen LogP contribution is 2.30. The molecular weight excluding hydrogens is 367 g/mol. The molecule has 4 nitrogen and oxygen atoms in total. The number of allylic oxidation sites excluding steroid dienone is 1. The topological polar surface area (TPSA) is 43.6 Å². The lowest BCUT2D eigenvalue weighted by atomic mass is 10.2. The van der Waals surface area contributed by atoms with Crippen molar-refractivity contribution in [3.05, 3.63) is 72.0 Å². The molecule has 0 unspecified atom stereocenters. The maximum absolute atomic E-state index is 14.2. The molecule has 0 saturated carbocycles. The zero-order chi connectivity index (χ0) is 17.9. The first-order valence-corrected chi connectivity index (χ1v) is 9.82. The summed E-state index contributed by atoms with van der Waals surface area (Å²) >= 11 is 3.22. The molecule has 4 aromatic rings. The number of aromatic nitrogens is 4. The third kappa shape index (κ3) is 3.27. The zero-order valence-electron chi connectivity index (χ0n) is 13.8. The molecule has 130 valence electrons. The van der Waals surface area contributed by atoms with Gasteiger partial charge in [-0.1, -0.05) is 42.1 Å². The largest absolute Gasteiger partial charge is 0.298 e. The molecule has 0 radical (unpaired) electrons. The van der Waals surface area contributed by atoms with Gasteiger partial charge in [-0.05, 0) is 24.3 Å². The fourth-order valence-corrected chi connectivity index (χ4v) is 4.55. The predicted octanol–water partition coefficient (Wildman–Crippen LogP) is 5.17. The van der Waals surface area contributed by atoms with E-state index in [2.05, 4.69) is 27.8 Å². The number of nitrogens with zero attached hydrogens (tertiary/aromatic N) is 4. The van der Waals surface area contributed by atoms with Crippen molar-refractivity contribution in [2.24, 2.45) is 0 Å². The van der Waals surface area contributed by atoms with Crippen LogP contribution in [0, 0.1) is 5.82 Å². The van der Waals surface area contributed by atoms with Crippen LogP contribution in [0.3, 0.4) is 0 Å². The molecule has 0 atom stereocenters. The van der Waals surface area contributed by atoms with Crippen molar-refractivity contribution in [2.75, 3.05) is 0 Å². The second-order valence-corrected chi connectivity index (χ2v) is 7.61. The average molecular weight is 382 g/mol. The summed E-state index contributed by atoms with van der Waals surface area (Å²) in [6, 6.07) is 14.7. The lowest BCUT2D eigenvalue weighted by Gasteiger charge is -2.07. The summed E-state index contributed by atoms with van der Waals surface area (Å²) in [4.78, 5) is 4.64. The van der Waals surface area contributed by atoms with Crippen LogP contribution >= 0.6 is 23.1 Å². The Morgan fingerprint density at radius 3 is 2.73 bits per heavy atom. The summed E-state index contributed by atoms with van der Waals surface area (Å²) in [5, 5.41) is 10.2. The monoisotopic (exact) mass is 382 g/mol. The number of thioether (sulfide) groups is 1. The Labute approximate surface area is 158 Å². The predicted molar refractivity (Wildman–Crippen MR) is 105 cm³/mol. The normalized spacial score (nSPS) is 11.1. The van der Waals surface area contributed by atoms with E-state index in [1.54, 1.807) is 47.4 Å². The van der Waals surface area contributed by atoms with Crippen molar-refractivity contribution in [2.45, 2.75) is 17.5 Å². The van der Waals surface area contributed by atoms with E-state index in [9.17, 15) is 4.39 Å². The summed E-state index contributed by atoms with van der Waals surface area (Å²) in [5.74, 6) is 0.883. The van der Waals surface area contributed by atoms with Gasteiger partial charge in [-0.15, -0.1) is 28.1 Å². The van der Waals surface area contributed by atoms with E-state index < -0.39 is 0 Å². The SMILES string of the molecule is C=CCn1c(SCc2nc3ccccc3s2)nnc1-c1ccccc1F. The molecule has 0 amide bonds. The summed E-state index contributed by atoms with van der Waals surface area (Å²) < 4.78 is 17.2. The molecule has 0 saturated heterocycles. The first-order valence-electron chi connectivity index (χ1n) is 8.02. The number of rotatable bonds is 6. The molecule has 0 fully saturated rings. The standard InChI is InChI=1S/C19H15FN4S2/c1-2-11-24-18(13-7-3-4-8-14(13)20)22-23-19(24)25-12-17-21-15-9-5-6-10-16(15)26-17/h2-10H,1,11-12H2. The van der Waals surface area contributed by atoms with Crippen LogP contribution in [-0.4, -0.2) is 19.7 Å². The van der Waals surface area contributed by atoms with Crippen LogP contribution in [0.15, 0.2) is 66.3 Å². The number of benzene rings is 2. The summed E-state index contributed by atoms with van der Waals surface area (Å²) in [7, 11) is 0. The van der Waals surface area contributed by atoms with Gasteiger partial charge < -0.3 is 0 Å². The fourth-order valence-electron chi connectivity index (χ4n) is 2.64. The molecule has 26 heavy (non-hydrogen) atoms. The molecule has 0 aliphatic rings. The first-order chi connectivity index (χ1) is 12.8. The van der Waals surface area contributed by atoms with Crippen molar-refractivity contribution in [1.82, 2.24) is 19.7 Å². The number of fused-ring (bicyclic) bond motifs is 1. The number of halogens is 1. The third-order valence-electron chi connectivity index (χ3n) is 3.81. The van der Waals surface area contributed by atoms with Gasteiger partial charge in [0.2, 0.25) is 0 Å². The van der Waals surface area contributed by atoms with Crippen LogP contribution in [0.4, 0.5) is 4.39 Å². The maximum Gasteiger partial charge on any atom is 0.192 e. The van der Waals surface area contributed by atoms with Gasteiger partial charge in [-0.3, -0.25) is 4.57 Å². The molecule has 7 heteroatoms. The van der Waals surface area contributed by atoms with Gasteiger partial charge in [0.15, 0.2) is 11.0 Å². The van der Waals surface area contributed by atoms with Crippen LogP contribution in [0.5, 0.6) is 0 Å². The highest BCUT2D eigenvalue weighted by atomic mass is 32.2. The van der Waals surface area contributed by atoms with E-state index in [0.29, 0.717) is 23.7 Å². The van der Waals surface area contributed by atoms with E-state index >= 15 is 0 Å². The van der Waals surface area contributed by atoms with E-state index in [4.69, 9.17) is 0 Å². The van der Waals surface area contributed by atoms with Gasteiger partial charge in [-0.25, -0.2) is 9.37 Å². The Balaban J connectivity index is 1.62. The van der Waals surface area contributed by atoms with Crippen LogP contribution in [-0.2, 0) is 12.3 Å². The Morgan fingerprint density at radius 2 is 1.92 bits per heavy atom. The van der Waals surface area contributed by atoms with Crippen molar-refractivity contribution >= 4 is 33.3 Å². The number of para-hydroxylation sites is 1. The molecule has 0 N–H and O–H groups in total. The first kappa shape index (κ1) is 16.9. The minimum absolute atomic E-state index is 0.312. The summed E-state index contributed by atoms with van der Waals surface area (Å²) in [5.41, 5.74) is 1.45. The minimum atomic E-state index is -0.312. The highest BCUT2D eigenvalue weighted by molar-refractivity contribution is 7.98. The van der Waals surface area contributed by atoms with Crippen LogP contribution in [0.25, 0.3) is 21.6 Å². The maximum atomic E-state index is 14.2. The van der Waals surface area contributed by atoms with Crippen molar-refractivity contribution in [3.8, 4) is 11.4 Å². The van der Waals surface area contributed by atoms with Crippen molar-refractivity contribution in [1.29, 1.82) is 0 Å². The van der Waals surface area contributed by atoms with Crippen molar-refractivity contribution < 1.29 is 4.39 Å². The third-order valence-corrected chi connectivity index (χ3v) is 6.00. The second kappa shape index (κ2) is 7.39. The van der Waals surface area contributed by atoms with Gasteiger partial charge >= 0.3 is 0 Å². The molecule has 0 aliphatic heterocycles. The molecule has 2 aromatic carbocycles. The van der Waals surface area contributed by atoms with Crippen LogP contribution < -0.4 is 0 Å². The van der Waals surface area contributed by atoms with E-state index in [-0.39, 0.29) is 5.82 Å². The Bertz CT molecular complexity index is 1040. The van der Waals surface area contributed by atoms with Crippen LogP contribution in [0.2, 0.25) is 0 Å². The summed E-state index contributed by atoms with van der Waals surface area (Å²) in [6.45, 7) is 4.30. The van der Waals surface area contributed by atoms with E-state index in [0.717, 1.165) is 15.7 Å². The Morgan fingerprint density at radius 1 is 1.12 bits per heavy atom. The molecular formula is C19H15FN4S2. The Kier molecular flexibility index (Phi) is 4.81. The number of hydrogen-bond donors (Lipinski definition) is 0. The summed E-state index contributed by atoms with van der Waals surface area (Å²) in [6.07, 6.45) is 1.76. The Hall–Kier alpha value is -2.51. The molecule has 2 heterocycles. The van der Waals surface area contributed by atoms with Crippen molar-refractivity contribution in [3.63, 3.8) is 0 Å². The van der Waals surface area contributed by atoms with E-state index in [1.807, 2.05) is 22.8 Å². The van der Waals surface area contributed by atoms with Gasteiger partial charge in [0, 0.05) is 6.54 Å². The lowest BCUT2D eigenvalue weighted by molar-refractivity contribution is 0.626. The van der Waals surface area contributed by atoms with Gasteiger partial charge in [0.1, 0.15) is 10.8 Å². The van der Waals surface area contributed by atoms with E-state index in [1.165, 1.54) is 10.8 Å². The zero-order valence-corrected chi connectivity index (χ0v) is 15.4. The molecule has 0 spiro atoms. The number of hydrogen-bond acceptors (Lipinski definition) is 5. The molecule has 0 bridgehead atoms. The lowest BCUT2D eigenvalue weighted by Crippen LogP contribution is -2.01. The van der Waals surface area contributed by atoms with Gasteiger partial charge in [-0.2, -0.15) is 0 Å². The fraction of sp³-hybridized carbons (Fsp3) is 0.105. The minimum Gasteiger partial charge on any atom is -0.298 e. The average Bonchev–Trinajstić information content (AvgIpc) is 3.24. The van der Waals surface area contributed by atoms with Gasteiger partial charge in [0.25, 0.3) is 0 Å². The number of thiazole rings is 1. The van der Waals surface area contributed by atoms with Gasteiger partial charge in [0.05, 0.1) is 21.5 Å².